The third-order valence-corrected chi connectivity index (χ3v) is 6.28. The Labute approximate surface area is 198 Å². The van der Waals surface area contributed by atoms with Crippen molar-refractivity contribution in [1.82, 2.24) is 9.80 Å². The molecule has 0 saturated heterocycles. The highest BCUT2D eigenvalue weighted by Gasteiger charge is 2.25. The number of benzene rings is 2. The standard InChI is InChI=1S/C26H29FN2O3S/c1-3-20(2)29(26(31)19-32-23-8-5-4-6-9-23)18-25(30)28(17-24-10-7-15-33-24)16-21-11-13-22(27)14-12-21/h4-15,20H,3,16-19H2,1-2H3. The number of hydrogen-bond donors (Lipinski definition) is 0. The van der Waals surface area contributed by atoms with Gasteiger partial charge in [0.05, 0.1) is 6.54 Å². The van der Waals surface area contributed by atoms with E-state index >= 15 is 0 Å². The van der Waals surface area contributed by atoms with E-state index in [4.69, 9.17) is 4.74 Å². The summed E-state index contributed by atoms with van der Waals surface area (Å²) in [5, 5.41) is 1.96. The lowest BCUT2D eigenvalue weighted by molar-refractivity contribution is -0.144. The molecule has 0 saturated carbocycles. The van der Waals surface area contributed by atoms with Crippen molar-refractivity contribution in [1.29, 1.82) is 0 Å². The maximum atomic E-state index is 13.4. The molecule has 0 spiro atoms. The zero-order chi connectivity index (χ0) is 23.6. The number of rotatable bonds is 11. The molecule has 0 aliphatic rings. The molecule has 3 aromatic rings. The Morgan fingerprint density at radius 1 is 0.970 bits per heavy atom. The van der Waals surface area contributed by atoms with Gasteiger partial charge in [-0.05, 0) is 54.6 Å². The Morgan fingerprint density at radius 3 is 2.33 bits per heavy atom. The van der Waals surface area contributed by atoms with Crippen LogP contribution < -0.4 is 4.74 Å². The number of amides is 2. The van der Waals surface area contributed by atoms with Gasteiger partial charge in [0, 0.05) is 17.5 Å². The molecule has 3 rings (SSSR count). The minimum Gasteiger partial charge on any atom is -0.484 e. The van der Waals surface area contributed by atoms with Crippen molar-refractivity contribution in [2.75, 3.05) is 13.2 Å². The van der Waals surface area contributed by atoms with Crippen LogP contribution in [0.5, 0.6) is 5.75 Å². The Morgan fingerprint density at radius 2 is 1.70 bits per heavy atom. The molecule has 7 heteroatoms. The molecule has 33 heavy (non-hydrogen) atoms. The minimum absolute atomic E-state index is 0.0431. The fourth-order valence-corrected chi connectivity index (χ4v) is 4.05. The summed E-state index contributed by atoms with van der Waals surface area (Å²) in [6, 6.07) is 19.1. The first-order chi connectivity index (χ1) is 16.0. The van der Waals surface area contributed by atoms with Crippen LogP contribution in [0.15, 0.2) is 72.1 Å². The van der Waals surface area contributed by atoms with Gasteiger partial charge in [0.15, 0.2) is 6.61 Å². The van der Waals surface area contributed by atoms with E-state index in [1.165, 1.54) is 12.1 Å². The van der Waals surface area contributed by atoms with Crippen molar-refractivity contribution in [3.05, 3.63) is 88.4 Å². The van der Waals surface area contributed by atoms with Gasteiger partial charge in [0.2, 0.25) is 5.91 Å². The lowest BCUT2D eigenvalue weighted by Crippen LogP contribution is -2.47. The molecule has 2 amide bonds. The van der Waals surface area contributed by atoms with Gasteiger partial charge in [-0.3, -0.25) is 9.59 Å². The lowest BCUT2D eigenvalue weighted by atomic mass is 10.2. The molecule has 1 aromatic heterocycles. The number of carbonyl (C=O) groups excluding carboxylic acids is 2. The van der Waals surface area contributed by atoms with Crippen LogP contribution in [0.1, 0.15) is 30.7 Å². The van der Waals surface area contributed by atoms with Gasteiger partial charge in [-0.25, -0.2) is 4.39 Å². The first kappa shape index (κ1) is 24.5. The Kier molecular flexibility index (Phi) is 9.01. The zero-order valence-corrected chi connectivity index (χ0v) is 19.8. The molecule has 0 aliphatic carbocycles. The summed E-state index contributed by atoms with van der Waals surface area (Å²) in [6.45, 7) is 4.49. The average Bonchev–Trinajstić information content (AvgIpc) is 3.35. The molecule has 1 atom stereocenters. The number of halogens is 1. The third-order valence-electron chi connectivity index (χ3n) is 5.42. The van der Waals surface area contributed by atoms with Gasteiger partial charge in [-0.1, -0.05) is 43.3 Å². The SMILES string of the molecule is CCC(C)N(CC(=O)N(Cc1ccc(F)cc1)Cc1cccs1)C(=O)COc1ccccc1. The van der Waals surface area contributed by atoms with E-state index < -0.39 is 0 Å². The summed E-state index contributed by atoms with van der Waals surface area (Å²) in [5.41, 5.74) is 0.829. The number of carbonyl (C=O) groups is 2. The summed E-state index contributed by atoms with van der Waals surface area (Å²) in [4.78, 5) is 30.7. The van der Waals surface area contributed by atoms with Gasteiger partial charge >= 0.3 is 0 Å². The molecule has 174 valence electrons. The van der Waals surface area contributed by atoms with E-state index in [1.54, 1.807) is 45.4 Å². The molecule has 1 unspecified atom stereocenters. The predicted octanol–water partition coefficient (Wildman–Crippen LogP) is 5.12. The van der Waals surface area contributed by atoms with E-state index in [9.17, 15) is 14.0 Å². The van der Waals surface area contributed by atoms with Crippen molar-refractivity contribution < 1.29 is 18.7 Å². The Bertz CT molecular complexity index is 1010. The molecular formula is C26H29FN2O3S. The van der Waals surface area contributed by atoms with Crippen LogP contribution in [0.25, 0.3) is 0 Å². The maximum absolute atomic E-state index is 13.4. The molecule has 2 aromatic carbocycles. The molecule has 5 nitrogen and oxygen atoms in total. The van der Waals surface area contributed by atoms with Crippen LogP contribution in [0.4, 0.5) is 4.39 Å². The number of nitrogens with zero attached hydrogens (tertiary/aromatic N) is 2. The van der Waals surface area contributed by atoms with Crippen molar-refractivity contribution in [2.24, 2.45) is 0 Å². The predicted molar refractivity (Wildman–Crippen MR) is 128 cm³/mol. The number of ether oxygens (including phenoxy) is 1. The lowest BCUT2D eigenvalue weighted by Gasteiger charge is -2.31. The zero-order valence-electron chi connectivity index (χ0n) is 18.9. The summed E-state index contributed by atoms with van der Waals surface area (Å²) in [7, 11) is 0. The maximum Gasteiger partial charge on any atom is 0.261 e. The average molecular weight is 469 g/mol. The summed E-state index contributed by atoms with van der Waals surface area (Å²) in [5.74, 6) is -0.112. The fraction of sp³-hybridized carbons (Fsp3) is 0.308. The van der Waals surface area contributed by atoms with Gasteiger partial charge in [-0.2, -0.15) is 0 Å². The van der Waals surface area contributed by atoms with Crippen LogP contribution in [-0.4, -0.2) is 40.8 Å². The van der Waals surface area contributed by atoms with Crippen molar-refractivity contribution in [3.8, 4) is 5.75 Å². The summed E-state index contributed by atoms with van der Waals surface area (Å²) in [6.07, 6.45) is 0.716. The summed E-state index contributed by atoms with van der Waals surface area (Å²) < 4.78 is 19.0. The van der Waals surface area contributed by atoms with Crippen molar-refractivity contribution in [3.63, 3.8) is 0 Å². The normalized spacial score (nSPS) is 11.6. The van der Waals surface area contributed by atoms with Crippen LogP contribution in [0.3, 0.4) is 0 Å². The Balaban J connectivity index is 1.72. The van der Waals surface area contributed by atoms with E-state index in [0.717, 1.165) is 10.4 Å². The van der Waals surface area contributed by atoms with Crippen LogP contribution in [0.2, 0.25) is 0 Å². The number of para-hydroxylation sites is 1. The fourth-order valence-electron chi connectivity index (χ4n) is 3.33. The molecule has 0 radical (unpaired) electrons. The molecule has 0 fully saturated rings. The van der Waals surface area contributed by atoms with Gasteiger partial charge in [0.1, 0.15) is 18.1 Å². The topological polar surface area (TPSA) is 49.9 Å². The highest BCUT2D eigenvalue weighted by molar-refractivity contribution is 7.09. The van der Waals surface area contributed by atoms with Gasteiger partial charge in [0.25, 0.3) is 5.91 Å². The molecule has 0 bridgehead atoms. The van der Waals surface area contributed by atoms with Crippen LogP contribution >= 0.6 is 11.3 Å². The molecular weight excluding hydrogens is 439 g/mol. The second kappa shape index (κ2) is 12.2. The van der Waals surface area contributed by atoms with Crippen LogP contribution in [-0.2, 0) is 22.7 Å². The van der Waals surface area contributed by atoms with E-state index in [-0.39, 0.29) is 36.8 Å². The first-order valence-corrected chi connectivity index (χ1v) is 11.9. The largest absolute Gasteiger partial charge is 0.484 e. The first-order valence-electron chi connectivity index (χ1n) is 11.0. The highest BCUT2D eigenvalue weighted by Crippen LogP contribution is 2.17. The minimum atomic E-state index is -0.318. The Hall–Kier alpha value is -3.19. The van der Waals surface area contributed by atoms with E-state index in [2.05, 4.69) is 0 Å². The monoisotopic (exact) mass is 468 g/mol. The van der Waals surface area contributed by atoms with Gasteiger partial charge < -0.3 is 14.5 Å². The third kappa shape index (κ3) is 7.43. The van der Waals surface area contributed by atoms with Crippen molar-refractivity contribution in [2.45, 2.75) is 39.4 Å². The van der Waals surface area contributed by atoms with Crippen LogP contribution in [0, 0.1) is 5.82 Å². The quantitative estimate of drug-likeness (QED) is 0.392. The molecule has 1 heterocycles. The smallest absolute Gasteiger partial charge is 0.261 e. The van der Waals surface area contributed by atoms with Gasteiger partial charge in [-0.15, -0.1) is 11.3 Å². The summed E-state index contributed by atoms with van der Waals surface area (Å²) >= 11 is 1.57. The number of hydrogen-bond acceptors (Lipinski definition) is 4. The molecule has 0 aliphatic heterocycles. The number of thiophene rings is 1. The van der Waals surface area contributed by atoms with E-state index in [1.807, 2.05) is 49.6 Å². The second-order valence-corrected chi connectivity index (χ2v) is 8.87. The second-order valence-electron chi connectivity index (χ2n) is 7.84. The highest BCUT2D eigenvalue weighted by atomic mass is 32.1. The van der Waals surface area contributed by atoms with E-state index in [0.29, 0.717) is 25.3 Å². The molecule has 0 N–H and O–H groups in total. The van der Waals surface area contributed by atoms with Crippen molar-refractivity contribution >= 4 is 23.2 Å².